The number of fused-ring (bicyclic) bond motifs is 2. The summed E-state index contributed by atoms with van der Waals surface area (Å²) in [5.41, 5.74) is 3.29. The predicted molar refractivity (Wildman–Crippen MR) is 107 cm³/mol. The van der Waals surface area contributed by atoms with Crippen molar-refractivity contribution in [1.29, 1.82) is 0 Å². The lowest BCUT2D eigenvalue weighted by molar-refractivity contribution is -0.0912. The van der Waals surface area contributed by atoms with Crippen molar-refractivity contribution in [2.24, 2.45) is 7.05 Å². The molecule has 29 heavy (non-hydrogen) atoms. The molecule has 1 saturated carbocycles. The number of nitrogens with zero attached hydrogens (tertiary/aromatic N) is 5. The molecule has 1 aliphatic carbocycles. The maximum atomic E-state index is 13.2. The number of hydrogen-bond donors (Lipinski definition) is 1. The van der Waals surface area contributed by atoms with Gasteiger partial charge in [0.2, 0.25) is 11.8 Å². The molecule has 150 valence electrons. The first kappa shape index (κ1) is 17.9. The van der Waals surface area contributed by atoms with E-state index in [-0.39, 0.29) is 12.1 Å². The second kappa shape index (κ2) is 6.43. The van der Waals surface area contributed by atoms with Crippen LogP contribution in [0.1, 0.15) is 43.0 Å². The molecule has 2 aliphatic rings. The number of anilines is 1. The highest BCUT2D eigenvalue weighted by molar-refractivity contribution is 5.92. The monoisotopic (exact) mass is 392 g/mol. The lowest BCUT2D eigenvalue weighted by Gasteiger charge is -2.59. The molecule has 3 aromatic rings. The van der Waals surface area contributed by atoms with Crippen molar-refractivity contribution in [2.45, 2.75) is 51.1 Å². The third-order valence-corrected chi connectivity index (χ3v) is 6.15. The SMILES string of the molecule is Cc1nnc([C@@]23CCC[C@@H](C2)N3C(=O)Nc2ccc(C)c(-c3ccn(C)n3)c2)o1. The fraction of sp³-hybridized carbons (Fsp3) is 0.429. The summed E-state index contributed by atoms with van der Waals surface area (Å²) in [5.74, 6) is 1.08. The van der Waals surface area contributed by atoms with E-state index in [0.29, 0.717) is 11.8 Å². The standard InChI is InChI=1S/C21H24N6O2/c1-13-6-7-15(11-17(13)18-8-10-26(3)25-18)22-20(28)27-16-5-4-9-21(27,12-16)19-24-23-14(2)29-19/h6-8,10-11,16H,4-5,9,12H2,1-3H3,(H,22,28)/t16-,21+/m0/s1. The van der Waals surface area contributed by atoms with E-state index in [0.717, 1.165) is 48.2 Å². The molecule has 1 aromatic carbocycles. The van der Waals surface area contributed by atoms with Gasteiger partial charge in [-0.15, -0.1) is 10.2 Å². The molecule has 5 rings (SSSR count). The van der Waals surface area contributed by atoms with E-state index in [1.165, 1.54) is 0 Å². The number of hydrogen-bond acceptors (Lipinski definition) is 5. The quantitative estimate of drug-likeness (QED) is 0.733. The molecule has 2 fully saturated rings. The van der Waals surface area contributed by atoms with Gasteiger partial charge in [-0.1, -0.05) is 6.07 Å². The maximum Gasteiger partial charge on any atom is 0.322 e. The Labute approximate surface area is 168 Å². The molecule has 2 aromatic heterocycles. The van der Waals surface area contributed by atoms with Crippen LogP contribution in [0.4, 0.5) is 10.5 Å². The number of likely N-dealkylation sites (tertiary alicyclic amines) is 1. The van der Waals surface area contributed by atoms with E-state index in [1.807, 2.05) is 49.3 Å². The number of aryl methyl sites for hydroxylation is 3. The minimum Gasteiger partial charge on any atom is -0.423 e. The van der Waals surface area contributed by atoms with Crippen LogP contribution in [-0.4, -0.2) is 37.0 Å². The summed E-state index contributed by atoms with van der Waals surface area (Å²) in [6.45, 7) is 3.82. The average Bonchev–Trinajstić information content (AvgIpc) is 3.32. The van der Waals surface area contributed by atoms with Gasteiger partial charge in [-0.3, -0.25) is 4.68 Å². The van der Waals surface area contributed by atoms with Gasteiger partial charge in [-0.25, -0.2) is 4.79 Å². The molecule has 8 nitrogen and oxygen atoms in total. The molecular weight excluding hydrogens is 368 g/mol. The molecule has 0 unspecified atom stereocenters. The molecule has 1 saturated heterocycles. The second-order valence-corrected chi connectivity index (χ2v) is 8.11. The Morgan fingerprint density at radius 2 is 2.14 bits per heavy atom. The first-order valence-electron chi connectivity index (χ1n) is 9.98. The normalized spacial score (nSPS) is 23.0. The average molecular weight is 392 g/mol. The Morgan fingerprint density at radius 3 is 2.83 bits per heavy atom. The summed E-state index contributed by atoms with van der Waals surface area (Å²) in [6.07, 6.45) is 5.72. The Balaban J connectivity index is 1.42. The number of amides is 2. The molecule has 1 N–H and O–H groups in total. The highest BCUT2D eigenvalue weighted by atomic mass is 16.4. The Hall–Kier alpha value is -3.16. The van der Waals surface area contributed by atoms with Crippen molar-refractivity contribution in [3.05, 3.63) is 47.8 Å². The number of nitrogens with one attached hydrogen (secondary N) is 1. The minimum absolute atomic E-state index is 0.118. The van der Waals surface area contributed by atoms with E-state index in [4.69, 9.17) is 4.42 Å². The Morgan fingerprint density at radius 1 is 1.28 bits per heavy atom. The van der Waals surface area contributed by atoms with Crippen LogP contribution >= 0.6 is 0 Å². The van der Waals surface area contributed by atoms with E-state index in [9.17, 15) is 4.79 Å². The van der Waals surface area contributed by atoms with Crippen LogP contribution < -0.4 is 5.32 Å². The van der Waals surface area contributed by atoms with Crippen LogP contribution in [0.25, 0.3) is 11.3 Å². The predicted octanol–water partition coefficient (Wildman–Crippen LogP) is 3.77. The molecule has 2 bridgehead atoms. The number of carbonyl (C=O) groups is 1. The number of urea groups is 1. The minimum atomic E-state index is -0.469. The maximum absolute atomic E-state index is 13.2. The van der Waals surface area contributed by atoms with Crippen LogP contribution in [0.15, 0.2) is 34.9 Å². The van der Waals surface area contributed by atoms with Gasteiger partial charge in [0, 0.05) is 43.9 Å². The fourth-order valence-corrected chi connectivity index (χ4v) is 4.76. The number of benzene rings is 1. The molecule has 2 atom stereocenters. The van der Waals surface area contributed by atoms with Crippen molar-refractivity contribution < 1.29 is 9.21 Å². The molecule has 3 heterocycles. The zero-order chi connectivity index (χ0) is 20.2. The highest BCUT2D eigenvalue weighted by Crippen LogP contribution is 2.53. The van der Waals surface area contributed by atoms with Crippen molar-refractivity contribution in [1.82, 2.24) is 24.9 Å². The molecule has 1 aliphatic heterocycles. The summed E-state index contributed by atoms with van der Waals surface area (Å²) in [7, 11) is 1.89. The molecule has 0 radical (unpaired) electrons. The summed E-state index contributed by atoms with van der Waals surface area (Å²) >= 11 is 0. The van der Waals surface area contributed by atoms with Crippen LogP contribution in [0, 0.1) is 13.8 Å². The third kappa shape index (κ3) is 2.82. The van der Waals surface area contributed by atoms with Crippen LogP contribution in [0.2, 0.25) is 0 Å². The smallest absolute Gasteiger partial charge is 0.322 e. The van der Waals surface area contributed by atoms with Crippen LogP contribution in [-0.2, 0) is 12.6 Å². The van der Waals surface area contributed by atoms with Gasteiger partial charge >= 0.3 is 6.03 Å². The number of aromatic nitrogens is 4. The summed E-state index contributed by atoms with van der Waals surface area (Å²) in [4.78, 5) is 15.1. The second-order valence-electron chi connectivity index (χ2n) is 8.11. The summed E-state index contributed by atoms with van der Waals surface area (Å²) in [6, 6.07) is 7.99. The Kier molecular flexibility index (Phi) is 3.97. The topological polar surface area (TPSA) is 89.1 Å². The lowest BCUT2D eigenvalue weighted by atomic mass is 9.68. The van der Waals surface area contributed by atoms with E-state index in [2.05, 4.69) is 20.6 Å². The van der Waals surface area contributed by atoms with E-state index >= 15 is 0 Å². The van der Waals surface area contributed by atoms with Gasteiger partial charge in [0.1, 0.15) is 5.54 Å². The molecule has 0 spiro atoms. The summed E-state index contributed by atoms with van der Waals surface area (Å²) in [5, 5.41) is 15.8. The Bertz CT molecular complexity index is 1080. The van der Waals surface area contributed by atoms with Gasteiger partial charge in [0.25, 0.3) is 0 Å². The van der Waals surface area contributed by atoms with Gasteiger partial charge in [0.15, 0.2) is 0 Å². The first-order valence-corrected chi connectivity index (χ1v) is 9.98. The zero-order valence-corrected chi connectivity index (χ0v) is 16.8. The van der Waals surface area contributed by atoms with Crippen LogP contribution in [0.3, 0.4) is 0 Å². The molecule has 8 heteroatoms. The first-order chi connectivity index (χ1) is 14.0. The lowest BCUT2D eigenvalue weighted by Crippen LogP contribution is -2.69. The van der Waals surface area contributed by atoms with Crippen molar-refractivity contribution >= 4 is 11.7 Å². The van der Waals surface area contributed by atoms with E-state index in [1.54, 1.807) is 11.6 Å². The zero-order valence-electron chi connectivity index (χ0n) is 16.8. The van der Waals surface area contributed by atoms with E-state index < -0.39 is 5.54 Å². The third-order valence-electron chi connectivity index (χ3n) is 6.15. The van der Waals surface area contributed by atoms with Gasteiger partial charge in [0.05, 0.1) is 5.69 Å². The van der Waals surface area contributed by atoms with Crippen LogP contribution in [0.5, 0.6) is 0 Å². The van der Waals surface area contributed by atoms with Crippen molar-refractivity contribution in [2.75, 3.05) is 5.32 Å². The highest BCUT2D eigenvalue weighted by Gasteiger charge is 2.60. The van der Waals surface area contributed by atoms with Gasteiger partial charge in [-0.2, -0.15) is 5.10 Å². The molecule has 2 amide bonds. The van der Waals surface area contributed by atoms with Gasteiger partial charge in [-0.05, 0) is 49.9 Å². The number of piperidine rings is 1. The summed E-state index contributed by atoms with van der Waals surface area (Å²) < 4.78 is 7.51. The fourth-order valence-electron chi connectivity index (χ4n) is 4.76. The van der Waals surface area contributed by atoms with Gasteiger partial charge < -0.3 is 14.6 Å². The molecular formula is C21H24N6O2. The number of carbonyl (C=O) groups excluding carboxylic acids is 1. The van der Waals surface area contributed by atoms with Crippen molar-refractivity contribution in [3.63, 3.8) is 0 Å². The largest absolute Gasteiger partial charge is 0.423 e. The number of rotatable bonds is 3. The van der Waals surface area contributed by atoms with Crippen molar-refractivity contribution in [3.8, 4) is 11.3 Å².